The van der Waals surface area contributed by atoms with E-state index in [1.54, 1.807) is 6.07 Å². The third-order valence-corrected chi connectivity index (χ3v) is 5.18. The summed E-state index contributed by atoms with van der Waals surface area (Å²) in [5.74, 6) is 0.115. The third-order valence-electron chi connectivity index (χ3n) is 4.67. The lowest BCUT2D eigenvalue weighted by atomic mass is 9.87. The Balaban J connectivity index is 0.00000208. The smallest absolute Gasteiger partial charge is 0.241 e. The number of benzene rings is 1. The molecule has 1 atom stereocenters. The first kappa shape index (κ1) is 19.8. The van der Waals surface area contributed by atoms with Crippen molar-refractivity contribution in [3.63, 3.8) is 0 Å². The summed E-state index contributed by atoms with van der Waals surface area (Å²) in [6, 6.07) is 4.04. The summed E-state index contributed by atoms with van der Waals surface area (Å²) in [7, 11) is 0. The fourth-order valence-corrected chi connectivity index (χ4v) is 4.40. The van der Waals surface area contributed by atoms with Crippen molar-refractivity contribution in [2.45, 2.75) is 32.2 Å². The summed E-state index contributed by atoms with van der Waals surface area (Å²) in [6.45, 7) is 10.2. The van der Waals surface area contributed by atoms with E-state index in [4.69, 9.17) is 23.2 Å². The quantitative estimate of drug-likeness (QED) is 0.838. The molecule has 24 heavy (non-hydrogen) atoms. The normalized spacial score (nSPS) is 22.9. The van der Waals surface area contributed by atoms with E-state index in [0.717, 1.165) is 30.9 Å². The van der Waals surface area contributed by atoms with E-state index in [9.17, 15) is 4.79 Å². The number of fused-ring (bicyclic) bond motifs is 1. The van der Waals surface area contributed by atoms with E-state index in [1.165, 1.54) is 0 Å². The number of carbonyl (C=O) groups excluding carboxylic acids is 1. The molecule has 3 rings (SSSR count). The summed E-state index contributed by atoms with van der Waals surface area (Å²) < 4.78 is 0. The molecule has 1 amide bonds. The number of nitrogens with zero attached hydrogens (tertiary/aromatic N) is 2. The van der Waals surface area contributed by atoms with Crippen LogP contribution in [0.25, 0.3) is 0 Å². The van der Waals surface area contributed by atoms with Crippen molar-refractivity contribution < 1.29 is 4.79 Å². The van der Waals surface area contributed by atoms with Gasteiger partial charge in [0.1, 0.15) is 0 Å². The average molecular weight is 393 g/mol. The number of hydrogen-bond donors (Lipinski definition) is 1. The molecule has 0 radical (unpaired) electrons. The number of amides is 1. The van der Waals surface area contributed by atoms with Gasteiger partial charge in [0.05, 0.1) is 12.2 Å². The first-order valence-corrected chi connectivity index (χ1v) is 8.79. The highest BCUT2D eigenvalue weighted by Crippen LogP contribution is 2.46. The van der Waals surface area contributed by atoms with Crippen LogP contribution in [0.3, 0.4) is 0 Å². The highest BCUT2D eigenvalue weighted by molar-refractivity contribution is 6.36. The van der Waals surface area contributed by atoms with Crippen molar-refractivity contribution >= 4 is 47.2 Å². The van der Waals surface area contributed by atoms with Crippen LogP contribution in [0, 0.1) is 0 Å². The molecule has 0 spiro atoms. The molecule has 7 heteroatoms. The molecule has 0 aliphatic carbocycles. The molecule has 1 aromatic rings. The van der Waals surface area contributed by atoms with Gasteiger partial charge in [0, 0.05) is 53.2 Å². The van der Waals surface area contributed by atoms with Gasteiger partial charge in [-0.05, 0) is 19.1 Å². The van der Waals surface area contributed by atoms with Crippen molar-refractivity contribution in [3.8, 4) is 0 Å². The van der Waals surface area contributed by atoms with Gasteiger partial charge in [0.25, 0.3) is 0 Å². The van der Waals surface area contributed by atoms with Crippen LogP contribution in [-0.2, 0) is 10.2 Å². The first-order valence-electron chi connectivity index (χ1n) is 8.03. The van der Waals surface area contributed by atoms with Gasteiger partial charge in [-0.25, -0.2) is 0 Å². The summed E-state index contributed by atoms with van der Waals surface area (Å²) in [4.78, 5) is 16.9. The summed E-state index contributed by atoms with van der Waals surface area (Å²) in [5.41, 5.74) is 1.72. The molecule has 0 saturated carbocycles. The zero-order valence-corrected chi connectivity index (χ0v) is 16.6. The fourth-order valence-electron chi connectivity index (χ4n) is 3.66. The van der Waals surface area contributed by atoms with Gasteiger partial charge >= 0.3 is 0 Å². The molecule has 2 aliphatic heterocycles. The SMILES string of the molecule is C[C@@H]1CN(CC(=O)N2CC(C)(C)c3c(Cl)cc(Cl)cc32)CCN1.Cl. The van der Waals surface area contributed by atoms with Gasteiger partial charge in [-0.15, -0.1) is 12.4 Å². The van der Waals surface area contributed by atoms with Gasteiger partial charge in [0.15, 0.2) is 0 Å². The molecule has 2 heterocycles. The number of halogens is 3. The van der Waals surface area contributed by atoms with Crippen LogP contribution >= 0.6 is 35.6 Å². The number of carbonyl (C=O) groups is 1. The topological polar surface area (TPSA) is 35.6 Å². The van der Waals surface area contributed by atoms with E-state index < -0.39 is 0 Å². The molecular weight excluding hydrogens is 369 g/mol. The number of nitrogens with one attached hydrogen (secondary N) is 1. The minimum absolute atomic E-state index is 0. The van der Waals surface area contributed by atoms with Crippen LogP contribution in [0.4, 0.5) is 5.69 Å². The summed E-state index contributed by atoms with van der Waals surface area (Å²) >= 11 is 12.6. The number of piperazine rings is 1. The highest BCUT2D eigenvalue weighted by Gasteiger charge is 2.40. The monoisotopic (exact) mass is 391 g/mol. The van der Waals surface area contributed by atoms with Gasteiger partial charge < -0.3 is 10.2 Å². The Hall–Kier alpha value is -0.520. The number of hydrogen-bond acceptors (Lipinski definition) is 3. The fraction of sp³-hybridized carbons (Fsp3) is 0.588. The Morgan fingerprint density at radius 1 is 1.38 bits per heavy atom. The molecule has 0 aromatic heterocycles. The molecule has 2 aliphatic rings. The van der Waals surface area contributed by atoms with Crippen LogP contribution in [-0.4, -0.2) is 49.6 Å². The standard InChI is InChI=1S/C17H23Cl2N3O.ClH/c1-11-8-21(5-4-20-11)9-15(23)22-10-17(2,3)16-13(19)6-12(18)7-14(16)22;/h6-7,11,20H,4-5,8-10H2,1-3H3;1H/t11-;/m1./s1. The van der Waals surface area contributed by atoms with Gasteiger partial charge in [0.2, 0.25) is 5.91 Å². The predicted octanol–water partition coefficient (Wildman–Crippen LogP) is 3.33. The second-order valence-electron chi connectivity index (χ2n) is 7.24. The highest BCUT2D eigenvalue weighted by atomic mass is 35.5. The zero-order valence-electron chi connectivity index (χ0n) is 14.2. The van der Waals surface area contributed by atoms with E-state index in [-0.39, 0.29) is 23.7 Å². The van der Waals surface area contributed by atoms with Gasteiger partial charge in [-0.1, -0.05) is 37.0 Å². The second kappa shape index (κ2) is 7.38. The largest absolute Gasteiger partial charge is 0.312 e. The Morgan fingerprint density at radius 2 is 2.08 bits per heavy atom. The maximum Gasteiger partial charge on any atom is 0.241 e. The van der Waals surface area contributed by atoms with Crippen LogP contribution in [0.1, 0.15) is 26.3 Å². The van der Waals surface area contributed by atoms with Crippen molar-refractivity contribution in [3.05, 3.63) is 27.7 Å². The number of anilines is 1. The van der Waals surface area contributed by atoms with Crippen molar-refractivity contribution in [2.75, 3.05) is 37.6 Å². The Kier molecular flexibility index (Phi) is 6.09. The molecule has 1 aromatic carbocycles. The van der Waals surface area contributed by atoms with Crippen LogP contribution in [0.15, 0.2) is 12.1 Å². The van der Waals surface area contributed by atoms with Crippen LogP contribution < -0.4 is 10.2 Å². The van der Waals surface area contributed by atoms with Crippen molar-refractivity contribution in [1.29, 1.82) is 0 Å². The Labute approximate surface area is 159 Å². The molecule has 1 saturated heterocycles. The van der Waals surface area contributed by atoms with Crippen molar-refractivity contribution in [1.82, 2.24) is 10.2 Å². The minimum atomic E-state index is -0.163. The van der Waals surface area contributed by atoms with Crippen LogP contribution in [0.2, 0.25) is 10.0 Å². The zero-order chi connectivity index (χ0) is 16.8. The summed E-state index contributed by atoms with van der Waals surface area (Å²) in [6.07, 6.45) is 0. The maximum atomic E-state index is 12.9. The second-order valence-corrected chi connectivity index (χ2v) is 8.08. The minimum Gasteiger partial charge on any atom is -0.312 e. The maximum absolute atomic E-state index is 12.9. The number of rotatable bonds is 2. The van der Waals surface area contributed by atoms with E-state index >= 15 is 0 Å². The molecule has 134 valence electrons. The predicted molar refractivity (Wildman–Crippen MR) is 103 cm³/mol. The Bertz CT molecular complexity index is 636. The molecule has 0 unspecified atom stereocenters. The third kappa shape index (κ3) is 3.83. The lowest BCUT2D eigenvalue weighted by Crippen LogP contribution is -2.52. The van der Waals surface area contributed by atoms with Gasteiger partial charge in [-0.2, -0.15) is 0 Å². The molecular formula is C17H24Cl3N3O. The van der Waals surface area contributed by atoms with E-state index in [0.29, 0.717) is 29.2 Å². The molecule has 1 fully saturated rings. The molecule has 1 N–H and O–H groups in total. The van der Waals surface area contributed by atoms with Crippen molar-refractivity contribution in [2.24, 2.45) is 0 Å². The lowest BCUT2D eigenvalue weighted by molar-refractivity contribution is -0.120. The van der Waals surface area contributed by atoms with Gasteiger partial charge in [-0.3, -0.25) is 9.69 Å². The van der Waals surface area contributed by atoms with Crippen LogP contribution in [0.5, 0.6) is 0 Å². The first-order chi connectivity index (χ1) is 10.8. The molecule has 4 nitrogen and oxygen atoms in total. The summed E-state index contributed by atoms with van der Waals surface area (Å²) in [5, 5.41) is 4.61. The lowest BCUT2D eigenvalue weighted by Gasteiger charge is -2.32. The Morgan fingerprint density at radius 3 is 2.75 bits per heavy atom. The van der Waals surface area contributed by atoms with E-state index in [2.05, 4.69) is 31.0 Å². The molecule has 0 bridgehead atoms. The average Bonchev–Trinajstić information content (AvgIpc) is 2.70. The van der Waals surface area contributed by atoms with E-state index in [1.807, 2.05) is 11.0 Å².